The molecule has 2 rings (SSSR count). The first-order valence-electron chi connectivity index (χ1n) is 6.49. The summed E-state index contributed by atoms with van der Waals surface area (Å²) in [4.78, 5) is 9.24. The second kappa shape index (κ2) is 6.22. The molecule has 0 aliphatic rings. The van der Waals surface area contributed by atoms with Crippen molar-refractivity contribution in [2.24, 2.45) is 0 Å². The topological polar surface area (TPSA) is 47.0 Å². The Labute approximate surface area is 127 Å². The summed E-state index contributed by atoms with van der Waals surface area (Å²) in [6.07, 6.45) is 0.901. The number of nitrogens with zero attached hydrogens (tertiary/aromatic N) is 2. The van der Waals surface area contributed by atoms with Crippen molar-refractivity contribution < 1.29 is 4.74 Å². The second-order valence-corrected chi connectivity index (χ2v) is 5.32. The zero-order valence-electron chi connectivity index (χ0n) is 12.1. The first-order valence-corrected chi connectivity index (χ1v) is 7.29. The van der Waals surface area contributed by atoms with E-state index in [0.717, 1.165) is 39.3 Å². The van der Waals surface area contributed by atoms with Crippen LogP contribution in [-0.4, -0.2) is 24.1 Å². The molecule has 0 atom stereocenters. The third-order valence-corrected chi connectivity index (χ3v) is 3.70. The quantitative estimate of drug-likeness (QED) is 0.922. The van der Waals surface area contributed by atoms with E-state index in [1.54, 1.807) is 7.11 Å². The zero-order chi connectivity index (χ0) is 14.7. The van der Waals surface area contributed by atoms with Crippen LogP contribution in [0.5, 0.6) is 5.75 Å². The van der Waals surface area contributed by atoms with Gasteiger partial charge >= 0.3 is 0 Å². The number of nitrogens with one attached hydrogen (secondary N) is 1. The molecule has 0 spiro atoms. The van der Waals surface area contributed by atoms with Crippen molar-refractivity contribution in [2.75, 3.05) is 19.5 Å². The fraction of sp³-hybridized carbons (Fsp3) is 0.333. The highest BCUT2D eigenvalue weighted by molar-refractivity contribution is 9.10. The largest absolute Gasteiger partial charge is 0.496 e. The summed E-state index contributed by atoms with van der Waals surface area (Å²) in [5.74, 6) is 2.30. The highest BCUT2D eigenvalue weighted by Crippen LogP contribution is 2.32. The fourth-order valence-corrected chi connectivity index (χ4v) is 2.56. The smallest absolute Gasteiger partial charge is 0.165 e. The van der Waals surface area contributed by atoms with Gasteiger partial charge in [-0.1, -0.05) is 22.9 Å². The summed E-state index contributed by atoms with van der Waals surface area (Å²) in [5, 5.41) is 3.15. The highest BCUT2D eigenvalue weighted by Gasteiger charge is 2.14. The maximum Gasteiger partial charge on any atom is 0.165 e. The number of aromatic nitrogens is 2. The molecular formula is C15H18BrN3O. The Morgan fingerprint density at radius 3 is 2.65 bits per heavy atom. The fourth-order valence-electron chi connectivity index (χ4n) is 2.20. The number of halogens is 1. The van der Waals surface area contributed by atoms with Crippen molar-refractivity contribution in [1.29, 1.82) is 0 Å². The molecule has 106 valence electrons. The van der Waals surface area contributed by atoms with E-state index in [9.17, 15) is 0 Å². The van der Waals surface area contributed by atoms with E-state index in [4.69, 9.17) is 4.74 Å². The lowest BCUT2D eigenvalue weighted by Gasteiger charge is -2.13. The number of methoxy groups -OCH3 is 1. The minimum Gasteiger partial charge on any atom is -0.496 e. The first kappa shape index (κ1) is 14.8. The van der Waals surface area contributed by atoms with Gasteiger partial charge in [0, 0.05) is 22.8 Å². The van der Waals surface area contributed by atoms with E-state index >= 15 is 0 Å². The highest BCUT2D eigenvalue weighted by atomic mass is 79.9. The second-order valence-electron chi connectivity index (χ2n) is 4.41. The Bertz CT molecular complexity index is 629. The molecule has 0 saturated heterocycles. The van der Waals surface area contributed by atoms with Gasteiger partial charge in [0.15, 0.2) is 5.82 Å². The summed E-state index contributed by atoms with van der Waals surface area (Å²) in [5.41, 5.74) is 3.01. The van der Waals surface area contributed by atoms with Crippen molar-refractivity contribution in [1.82, 2.24) is 9.97 Å². The van der Waals surface area contributed by atoms with Crippen LogP contribution in [0.15, 0.2) is 22.7 Å². The van der Waals surface area contributed by atoms with Crippen LogP contribution in [0.2, 0.25) is 0 Å². The van der Waals surface area contributed by atoms with Crippen LogP contribution < -0.4 is 10.1 Å². The molecule has 2 aromatic rings. The molecule has 5 heteroatoms. The van der Waals surface area contributed by atoms with E-state index in [-0.39, 0.29) is 0 Å². The van der Waals surface area contributed by atoms with Crippen LogP contribution in [0.1, 0.15) is 18.2 Å². The Hall–Kier alpha value is -1.62. The van der Waals surface area contributed by atoms with Crippen LogP contribution in [0.3, 0.4) is 0 Å². The predicted octanol–water partition coefficient (Wildman–Crippen LogP) is 3.83. The number of benzene rings is 1. The molecule has 1 heterocycles. The lowest BCUT2D eigenvalue weighted by atomic mass is 10.1. The van der Waals surface area contributed by atoms with E-state index in [1.807, 2.05) is 32.2 Å². The number of hydrogen-bond donors (Lipinski definition) is 1. The lowest BCUT2D eigenvalue weighted by Crippen LogP contribution is -2.05. The molecule has 20 heavy (non-hydrogen) atoms. The molecule has 1 aromatic heterocycles. The van der Waals surface area contributed by atoms with E-state index in [1.165, 1.54) is 0 Å². The van der Waals surface area contributed by atoms with Gasteiger partial charge in [-0.2, -0.15) is 0 Å². The average Bonchev–Trinajstić information content (AvgIpc) is 2.46. The third kappa shape index (κ3) is 2.77. The standard InChI is InChI=1S/C15H18BrN3O/c1-5-11-9(2)18-15(19-14(11)17-3)12-8-10(16)6-7-13(12)20-4/h6-8H,5H2,1-4H3,(H,17,18,19). The average molecular weight is 336 g/mol. The Morgan fingerprint density at radius 2 is 2.05 bits per heavy atom. The van der Waals surface area contributed by atoms with Gasteiger partial charge in [0.2, 0.25) is 0 Å². The molecule has 0 saturated carbocycles. The molecule has 0 amide bonds. The van der Waals surface area contributed by atoms with Gasteiger partial charge in [0.1, 0.15) is 11.6 Å². The van der Waals surface area contributed by atoms with E-state index < -0.39 is 0 Å². The molecule has 0 radical (unpaired) electrons. The van der Waals surface area contributed by atoms with Gasteiger partial charge in [0.25, 0.3) is 0 Å². The van der Waals surface area contributed by atoms with Gasteiger partial charge in [0.05, 0.1) is 12.7 Å². The lowest BCUT2D eigenvalue weighted by molar-refractivity contribution is 0.416. The van der Waals surface area contributed by atoms with Crippen molar-refractivity contribution in [3.8, 4) is 17.1 Å². The van der Waals surface area contributed by atoms with Crippen molar-refractivity contribution >= 4 is 21.7 Å². The SMILES string of the molecule is CCc1c(C)nc(-c2cc(Br)ccc2OC)nc1NC. The third-order valence-electron chi connectivity index (χ3n) is 3.21. The molecule has 0 bridgehead atoms. The molecular weight excluding hydrogens is 318 g/mol. The van der Waals surface area contributed by atoms with Crippen LogP contribution in [0.4, 0.5) is 5.82 Å². The van der Waals surface area contributed by atoms with Gasteiger partial charge in [-0.15, -0.1) is 0 Å². The summed E-state index contributed by atoms with van der Waals surface area (Å²) in [6, 6.07) is 5.82. The molecule has 4 nitrogen and oxygen atoms in total. The molecule has 1 aromatic carbocycles. The van der Waals surface area contributed by atoms with E-state index in [0.29, 0.717) is 5.82 Å². The van der Waals surface area contributed by atoms with Crippen molar-refractivity contribution in [3.05, 3.63) is 33.9 Å². The van der Waals surface area contributed by atoms with Crippen molar-refractivity contribution in [3.63, 3.8) is 0 Å². The molecule has 0 unspecified atom stereocenters. The summed E-state index contributed by atoms with van der Waals surface area (Å²) in [7, 11) is 3.53. The Kier molecular flexibility index (Phi) is 4.60. The maximum atomic E-state index is 5.40. The van der Waals surface area contributed by atoms with Crippen LogP contribution in [0, 0.1) is 6.92 Å². The number of hydrogen-bond acceptors (Lipinski definition) is 4. The van der Waals surface area contributed by atoms with Crippen LogP contribution in [-0.2, 0) is 6.42 Å². The van der Waals surface area contributed by atoms with Crippen molar-refractivity contribution in [2.45, 2.75) is 20.3 Å². The maximum absolute atomic E-state index is 5.40. The molecule has 1 N–H and O–H groups in total. The normalized spacial score (nSPS) is 10.4. The zero-order valence-corrected chi connectivity index (χ0v) is 13.7. The van der Waals surface area contributed by atoms with Gasteiger partial charge in [-0.05, 0) is 31.5 Å². The summed E-state index contributed by atoms with van der Waals surface area (Å²) < 4.78 is 6.38. The minimum atomic E-state index is 0.669. The van der Waals surface area contributed by atoms with Crippen LogP contribution in [0.25, 0.3) is 11.4 Å². The van der Waals surface area contributed by atoms with Gasteiger partial charge in [-0.25, -0.2) is 9.97 Å². The summed E-state index contributed by atoms with van der Waals surface area (Å²) >= 11 is 3.48. The minimum absolute atomic E-state index is 0.669. The first-order chi connectivity index (χ1) is 9.60. The number of ether oxygens (including phenoxy) is 1. The molecule has 0 aliphatic carbocycles. The number of aryl methyl sites for hydroxylation is 1. The van der Waals surface area contributed by atoms with E-state index in [2.05, 4.69) is 38.1 Å². The van der Waals surface area contributed by atoms with Gasteiger partial charge < -0.3 is 10.1 Å². The molecule has 0 fully saturated rings. The summed E-state index contributed by atoms with van der Waals surface area (Å²) in [6.45, 7) is 4.11. The monoisotopic (exact) mass is 335 g/mol. The number of rotatable bonds is 4. The number of anilines is 1. The van der Waals surface area contributed by atoms with Gasteiger partial charge in [-0.3, -0.25) is 0 Å². The Balaban J connectivity index is 2.64. The Morgan fingerprint density at radius 1 is 1.30 bits per heavy atom. The van der Waals surface area contributed by atoms with Crippen LogP contribution >= 0.6 is 15.9 Å². The predicted molar refractivity (Wildman–Crippen MR) is 85.4 cm³/mol. The molecule has 0 aliphatic heterocycles.